The van der Waals surface area contributed by atoms with Crippen molar-refractivity contribution >= 4 is 31.3 Å². The lowest BCUT2D eigenvalue weighted by Crippen LogP contribution is -2.43. The van der Waals surface area contributed by atoms with Gasteiger partial charge in [-0.05, 0) is 37.1 Å². The van der Waals surface area contributed by atoms with Crippen molar-refractivity contribution in [2.45, 2.75) is 63.6 Å². The van der Waals surface area contributed by atoms with Crippen molar-refractivity contribution in [3.05, 3.63) is 54.5 Å². The van der Waals surface area contributed by atoms with E-state index in [0.717, 1.165) is 12.8 Å². The van der Waals surface area contributed by atoms with E-state index in [2.05, 4.69) is 20.2 Å². The van der Waals surface area contributed by atoms with Crippen LogP contribution < -0.4 is 15.3 Å². The van der Waals surface area contributed by atoms with Crippen LogP contribution in [0.2, 0.25) is 0 Å². The molecule has 5 N–H and O–H groups in total. The molecule has 1 aromatic carbocycles. The normalized spacial score (nSPS) is 24.4. The fourth-order valence-corrected chi connectivity index (χ4v) is 6.33. The van der Waals surface area contributed by atoms with Gasteiger partial charge in [0.2, 0.25) is 0 Å². The number of anilines is 1. The molecule has 0 spiro atoms. The molecular weight excluding hydrogens is 579 g/mol. The van der Waals surface area contributed by atoms with Gasteiger partial charge in [-0.15, -0.1) is 0 Å². The lowest BCUT2D eigenvalue weighted by Gasteiger charge is -2.28. The van der Waals surface area contributed by atoms with E-state index in [1.807, 2.05) is 13.8 Å². The molecule has 2 aromatic heterocycles. The number of aromatic nitrogens is 3. The van der Waals surface area contributed by atoms with Gasteiger partial charge in [0.1, 0.15) is 41.9 Å². The third-order valence-corrected chi connectivity index (χ3v) is 9.04. The molecule has 0 saturated carbocycles. The largest absolute Gasteiger partial charge is 0.464 e. The molecule has 1 saturated heterocycles. The summed E-state index contributed by atoms with van der Waals surface area (Å²) in [6, 6.07) is 10.5. The number of para-hydroxylation sites is 1. The number of hydrogen-bond donors (Lipinski definition) is 4. The summed E-state index contributed by atoms with van der Waals surface area (Å²) < 4.78 is 38.5. The first kappa shape index (κ1) is 32.5. The van der Waals surface area contributed by atoms with Crippen LogP contribution >= 0.6 is 7.75 Å². The lowest BCUT2D eigenvalue weighted by molar-refractivity contribution is -0.146. The minimum atomic E-state index is -4.27. The highest BCUT2D eigenvalue weighted by atomic mass is 31.2. The first-order valence-electron chi connectivity index (χ1n) is 14.1. The minimum Gasteiger partial charge on any atom is -0.464 e. The van der Waals surface area contributed by atoms with Gasteiger partial charge in [0.05, 0.1) is 18.9 Å². The number of carbonyl (C=O) groups is 1. The summed E-state index contributed by atoms with van der Waals surface area (Å²) in [5.41, 5.74) is 5.10. The number of nitrogens with two attached hydrogens (primary N) is 1. The Hall–Kier alpha value is -3.39. The zero-order valence-electron chi connectivity index (χ0n) is 24.6. The van der Waals surface area contributed by atoms with Gasteiger partial charge < -0.3 is 29.9 Å². The Morgan fingerprint density at radius 3 is 2.65 bits per heavy atom. The highest BCUT2D eigenvalue weighted by molar-refractivity contribution is 7.52. The summed E-state index contributed by atoms with van der Waals surface area (Å²) in [4.78, 5) is 20.8. The Bertz CT molecular complexity index is 1450. The molecule has 0 radical (unpaired) electrons. The molecule has 1 aliphatic rings. The Morgan fingerprint density at radius 1 is 1.26 bits per heavy atom. The number of ether oxygens (including phenoxy) is 2. The molecule has 6 atom stereocenters. The molecule has 0 amide bonds. The molecule has 0 unspecified atom stereocenters. The summed E-state index contributed by atoms with van der Waals surface area (Å²) in [5.74, 6) is 0.00267. The van der Waals surface area contributed by atoms with E-state index in [0.29, 0.717) is 11.2 Å². The second kappa shape index (κ2) is 13.9. The maximum Gasteiger partial charge on any atom is 0.459 e. The van der Waals surface area contributed by atoms with E-state index in [1.54, 1.807) is 42.5 Å². The predicted molar refractivity (Wildman–Crippen MR) is 159 cm³/mol. The van der Waals surface area contributed by atoms with Crippen LogP contribution in [0.3, 0.4) is 0 Å². The van der Waals surface area contributed by atoms with Gasteiger partial charge >= 0.3 is 13.7 Å². The van der Waals surface area contributed by atoms with Gasteiger partial charge in [0.25, 0.3) is 0 Å². The molecule has 14 nitrogen and oxygen atoms in total. The van der Waals surface area contributed by atoms with E-state index in [4.69, 9.17) is 24.3 Å². The number of nitrogens with zero attached hydrogens (tertiary/aromatic N) is 4. The highest BCUT2D eigenvalue weighted by Crippen LogP contribution is 2.47. The van der Waals surface area contributed by atoms with E-state index >= 15 is 0 Å². The number of nitrogen functional groups attached to an aromatic ring is 1. The Balaban J connectivity index is 1.56. The van der Waals surface area contributed by atoms with E-state index in [-0.39, 0.29) is 24.1 Å². The van der Waals surface area contributed by atoms with Crippen LogP contribution in [0.25, 0.3) is 5.52 Å². The van der Waals surface area contributed by atoms with Crippen molar-refractivity contribution < 1.29 is 38.1 Å². The minimum absolute atomic E-state index is 0.204. The molecule has 1 fully saturated rings. The number of fused-ring (bicyclic) bond motifs is 1. The fourth-order valence-electron chi connectivity index (χ4n) is 4.83. The molecular formula is C28H39N6O8P. The van der Waals surface area contributed by atoms with Gasteiger partial charge in [0.15, 0.2) is 11.4 Å². The quantitative estimate of drug-likeness (QED) is 0.117. The zero-order valence-corrected chi connectivity index (χ0v) is 25.5. The van der Waals surface area contributed by atoms with Gasteiger partial charge in [-0.25, -0.2) is 14.1 Å². The standard InChI is InChI=1S/C28H39N6O8P/c1-5-19(6-2)14-39-27(37)18(3)33-43(38,42-20-10-8-7-9-11-20)40-15-22-24(35)25(36)28(41-22,16-30-4)23-13-12-21-26(29)31-17-32-34(21)23/h7-13,16-19,22,24-25,35-36H,5-6,14-15H2,1-4H3,(H,33,38)(H2,29,31,32)/b30-16-/t18-,22+,24+,25+,28-,43+/m0/s1. The Morgan fingerprint density at radius 2 is 1.98 bits per heavy atom. The van der Waals surface area contributed by atoms with Crippen molar-refractivity contribution in [3.63, 3.8) is 0 Å². The zero-order chi connectivity index (χ0) is 31.2. The van der Waals surface area contributed by atoms with Crippen molar-refractivity contribution in [2.75, 3.05) is 26.0 Å². The summed E-state index contributed by atoms with van der Waals surface area (Å²) in [5, 5.41) is 29.2. The molecule has 1 aliphatic heterocycles. The number of benzene rings is 1. The van der Waals surface area contributed by atoms with Crippen LogP contribution in [-0.4, -0.2) is 81.6 Å². The van der Waals surface area contributed by atoms with E-state index in [1.165, 1.54) is 31.0 Å². The smallest absolute Gasteiger partial charge is 0.459 e. The van der Waals surface area contributed by atoms with Crippen LogP contribution in [-0.2, 0) is 29.0 Å². The summed E-state index contributed by atoms with van der Waals surface area (Å²) >= 11 is 0. The fraction of sp³-hybridized carbons (Fsp3) is 0.500. The number of rotatable bonds is 14. The highest BCUT2D eigenvalue weighted by Gasteiger charge is 2.56. The Labute approximate surface area is 249 Å². The second-order valence-corrected chi connectivity index (χ2v) is 12.0. The molecule has 43 heavy (non-hydrogen) atoms. The monoisotopic (exact) mass is 618 g/mol. The van der Waals surface area contributed by atoms with Crippen LogP contribution in [0.15, 0.2) is 53.8 Å². The Kier molecular flexibility index (Phi) is 10.5. The van der Waals surface area contributed by atoms with Crippen molar-refractivity contribution in [1.82, 2.24) is 19.7 Å². The number of carbonyl (C=O) groups excluding carboxylic acids is 1. The van der Waals surface area contributed by atoms with E-state index in [9.17, 15) is 19.6 Å². The number of esters is 1. The number of aliphatic imine (C=N–C) groups is 1. The van der Waals surface area contributed by atoms with Crippen LogP contribution in [0.4, 0.5) is 5.82 Å². The van der Waals surface area contributed by atoms with Crippen LogP contribution in [0, 0.1) is 5.92 Å². The molecule has 15 heteroatoms. The summed E-state index contributed by atoms with van der Waals surface area (Å²) in [6.07, 6.45) is 0.0605. The molecule has 234 valence electrons. The first-order valence-corrected chi connectivity index (χ1v) is 15.6. The number of nitrogens with one attached hydrogen (secondary N) is 1. The molecule has 0 aliphatic carbocycles. The van der Waals surface area contributed by atoms with Crippen molar-refractivity contribution in [1.29, 1.82) is 0 Å². The van der Waals surface area contributed by atoms with Crippen molar-refractivity contribution in [3.8, 4) is 5.75 Å². The van der Waals surface area contributed by atoms with Gasteiger partial charge in [-0.3, -0.25) is 14.3 Å². The van der Waals surface area contributed by atoms with Crippen LogP contribution in [0.5, 0.6) is 5.75 Å². The van der Waals surface area contributed by atoms with Gasteiger partial charge in [-0.1, -0.05) is 44.9 Å². The number of aliphatic hydroxyl groups excluding tert-OH is 2. The summed E-state index contributed by atoms with van der Waals surface area (Å²) in [6.45, 7) is 5.25. The summed E-state index contributed by atoms with van der Waals surface area (Å²) in [7, 11) is -2.78. The van der Waals surface area contributed by atoms with E-state index < -0.39 is 50.3 Å². The topological polar surface area (TPSA) is 192 Å². The second-order valence-electron chi connectivity index (χ2n) is 10.3. The molecule has 4 rings (SSSR count). The van der Waals surface area contributed by atoms with Crippen molar-refractivity contribution in [2.24, 2.45) is 10.9 Å². The third kappa shape index (κ3) is 7.06. The third-order valence-electron chi connectivity index (χ3n) is 7.39. The lowest BCUT2D eigenvalue weighted by atomic mass is 9.92. The SMILES string of the molecule is CCC(CC)COC(=O)[C@H](C)N[P@@](=O)(OC[C@H]1O[C@@](/C=N\C)(c2ccc3c(N)ncnn23)[C@H](O)[C@@H]1O)Oc1ccccc1. The molecule has 0 bridgehead atoms. The van der Waals surface area contributed by atoms with Crippen LogP contribution in [0.1, 0.15) is 39.3 Å². The maximum atomic E-state index is 14.0. The molecule has 3 heterocycles. The average Bonchev–Trinajstić information content (AvgIpc) is 3.54. The number of aliphatic hydroxyl groups is 2. The predicted octanol–water partition coefficient (Wildman–Crippen LogP) is 2.49. The average molecular weight is 619 g/mol. The number of hydrogen-bond acceptors (Lipinski definition) is 12. The molecule has 3 aromatic rings. The first-order chi connectivity index (χ1) is 20.6. The maximum absolute atomic E-state index is 14.0. The van der Waals surface area contributed by atoms with Gasteiger partial charge in [-0.2, -0.15) is 10.2 Å². The van der Waals surface area contributed by atoms with Gasteiger partial charge in [0, 0.05) is 13.3 Å².